The monoisotopic (exact) mass is 321 g/mol. The van der Waals surface area contributed by atoms with Gasteiger partial charge in [0, 0.05) is 6.07 Å². The maximum absolute atomic E-state index is 11.0. The molecule has 19 heavy (non-hydrogen) atoms. The van der Waals surface area contributed by atoms with Crippen LogP contribution in [0.2, 0.25) is 0 Å². The lowest BCUT2D eigenvalue weighted by atomic mass is 10.1. The van der Waals surface area contributed by atoms with Gasteiger partial charge >= 0.3 is 5.69 Å². The molecule has 0 saturated heterocycles. The van der Waals surface area contributed by atoms with E-state index in [1.54, 1.807) is 6.07 Å². The van der Waals surface area contributed by atoms with Gasteiger partial charge in [-0.05, 0) is 34.5 Å². The molecule has 0 bridgehead atoms. The largest absolute Gasteiger partial charge is 0.358 e. The summed E-state index contributed by atoms with van der Waals surface area (Å²) in [7, 11) is 0. The fourth-order valence-corrected chi connectivity index (χ4v) is 2.02. The number of nitrogens with one attached hydrogen (secondary N) is 1. The summed E-state index contributed by atoms with van der Waals surface area (Å²) in [6.07, 6.45) is 0. The molecule has 0 unspecified atom stereocenters. The van der Waals surface area contributed by atoms with Gasteiger partial charge in [0.25, 0.3) is 0 Å². The summed E-state index contributed by atoms with van der Waals surface area (Å²) in [5.41, 5.74) is 1.00. The van der Waals surface area contributed by atoms with Gasteiger partial charge in [-0.25, -0.2) is 4.98 Å². The number of benzene rings is 1. The maximum Gasteiger partial charge on any atom is 0.311 e. The summed E-state index contributed by atoms with van der Waals surface area (Å²) in [6.45, 7) is 1.93. The number of anilines is 1. The number of nitro groups is 1. The molecule has 1 aromatic carbocycles. The quantitative estimate of drug-likeness (QED) is 0.526. The van der Waals surface area contributed by atoms with Crippen molar-refractivity contribution in [3.63, 3.8) is 0 Å². The highest BCUT2D eigenvalue weighted by Gasteiger charge is 2.17. The van der Waals surface area contributed by atoms with Crippen molar-refractivity contribution in [1.82, 2.24) is 4.98 Å². The van der Waals surface area contributed by atoms with Gasteiger partial charge in [-0.15, -0.1) is 0 Å². The second-order valence-electron chi connectivity index (χ2n) is 4.04. The van der Waals surface area contributed by atoms with Crippen LogP contribution in [0.5, 0.6) is 0 Å². The highest BCUT2D eigenvalue weighted by Crippen LogP contribution is 2.27. The first-order valence-electron chi connectivity index (χ1n) is 5.70. The molecule has 0 aliphatic rings. The van der Waals surface area contributed by atoms with E-state index in [-0.39, 0.29) is 17.5 Å². The Kier molecular flexibility index (Phi) is 4.11. The van der Waals surface area contributed by atoms with Crippen molar-refractivity contribution in [3.05, 3.63) is 62.7 Å². The van der Waals surface area contributed by atoms with E-state index in [9.17, 15) is 10.1 Å². The van der Waals surface area contributed by atoms with Crippen LogP contribution in [0.3, 0.4) is 0 Å². The van der Waals surface area contributed by atoms with Gasteiger partial charge in [0.15, 0.2) is 0 Å². The number of halogens is 1. The minimum absolute atomic E-state index is 0.0361. The van der Waals surface area contributed by atoms with E-state index in [2.05, 4.69) is 26.2 Å². The van der Waals surface area contributed by atoms with Crippen LogP contribution >= 0.6 is 15.9 Å². The van der Waals surface area contributed by atoms with Gasteiger partial charge < -0.3 is 5.32 Å². The molecule has 0 spiro atoms. The molecule has 1 atom stereocenters. The molecule has 6 heteroatoms. The van der Waals surface area contributed by atoms with E-state index in [4.69, 9.17) is 0 Å². The summed E-state index contributed by atoms with van der Waals surface area (Å²) >= 11 is 3.22. The van der Waals surface area contributed by atoms with Crippen LogP contribution in [0.1, 0.15) is 18.5 Å². The molecule has 1 aromatic heterocycles. The van der Waals surface area contributed by atoms with Crippen LogP contribution in [-0.4, -0.2) is 9.91 Å². The molecule has 2 rings (SSSR count). The number of nitrogens with zero attached hydrogens (tertiary/aromatic N) is 2. The molecular formula is C13H12BrN3O2. The van der Waals surface area contributed by atoms with E-state index in [0.29, 0.717) is 4.60 Å². The molecule has 5 nitrogen and oxygen atoms in total. The fraction of sp³-hybridized carbons (Fsp3) is 0.154. The predicted molar refractivity (Wildman–Crippen MR) is 77.1 cm³/mol. The Bertz CT molecular complexity index is 590. The second kappa shape index (κ2) is 5.79. The normalized spacial score (nSPS) is 11.9. The smallest absolute Gasteiger partial charge is 0.311 e. The molecule has 98 valence electrons. The number of pyridine rings is 1. The van der Waals surface area contributed by atoms with E-state index < -0.39 is 4.92 Å². The van der Waals surface area contributed by atoms with Crippen LogP contribution in [0.25, 0.3) is 0 Å². The molecule has 0 radical (unpaired) electrons. The van der Waals surface area contributed by atoms with Crippen LogP contribution in [0, 0.1) is 10.1 Å². The average Bonchev–Trinajstić information content (AvgIpc) is 2.39. The topological polar surface area (TPSA) is 68.1 Å². The fourth-order valence-electron chi connectivity index (χ4n) is 1.71. The predicted octanol–water partition coefficient (Wildman–Crippen LogP) is 3.93. The number of hydrogen-bond acceptors (Lipinski definition) is 4. The number of rotatable bonds is 4. The lowest BCUT2D eigenvalue weighted by molar-refractivity contribution is -0.384. The van der Waals surface area contributed by atoms with Gasteiger partial charge in [-0.3, -0.25) is 10.1 Å². The van der Waals surface area contributed by atoms with E-state index in [0.717, 1.165) is 5.56 Å². The van der Waals surface area contributed by atoms with Gasteiger partial charge in [0.1, 0.15) is 4.60 Å². The summed E-state index contributed by atoms with van der Waals surface area (Å²) < 4.78 is 0.556. The SMILES string of the molecule is C[C@@H](Nc1nc(Br)ccc1[N+](=O)[O-])c1ccccc1. The van der Waals surface area contributed by atoms with Crippen molar-refractivity contribution in [1.29, 1.82) is 0 Å². The summed E-state index contributed by atoms with van der Waals surface area (Å²) in [6, 6.07) is 12.6. The van der Waals surface area contributed by atoms with Crippen molar-refractivity contribution < 1.29 is 4.92 Å². The van der Waals surface area contributed by atoms with Gasteiger partial charge in [0.05, 0.1) is 11.0 Å². The Morgan fingerprint density at radius 3 is 2.58 bits per heavy atom. The number of hydrogen-bond donors (Lipinski definition) is 1. The van der Waals surface area contributed by atoms with E-state index in [1.165, 1.54) is 6.07 Å². The standard InChI is InChI=1S/C13H12BrN3O2/c1-9(10-5-3-2-4-6-10)15-13-11(17(18)19)7-8-12(14)16-13/h2-9H,1H3,(H,15,16)/t9-/m1/s1. The molecular weight excluding hydrogens is 310 g/mol. The Morgan fingerprint density at radius 2 is 1.95 bits per heavy atom. The Morgan fingerprint density at radius 1 is 1.26 bits per heavy atom. The molecule has 0 fully saturated rings. The Hall–Kier alpha value is -1.95. The molecule has 0 aliphatic heterocycles. The van der Waals surface area contributed by atoms with Gasteiger partial charge in [-0.2, -0.15) is 0 Å². The van der Waals surface area contributed by atoms with Crippen molar-refractivity contribution in [2.75, 3.05) is 5.32 Å². The first-order valence-corrected chi connectivity index (χ1v) is 6.49. The lowest BCUT2D eigenvalue weighted by Crippen LogP contribution is -2.09. The third-order valence-electron chi connectivity index (χ3n) is 2.69. The summed E-state index contributed by atoms with van der Waals surface area (Å²) in [5, 5.41) is 14.0. The first-order chi connectivity index (χ1) is 9.08. The zero-order valence-corrected chi connectivity index (χ0v) is 11.8. The average molecular weight is 322 g/mol. The highest BCUT2D eigenvalue weighted by molar-refractivity contribution is 9.10. The zero-order chi connectivity index (χ0) is 13.8. The zero-order valence-electron chi connectivity index (χ0n) is 10.2. The third-order valence-corrected chi connectivity index (χ3v) is 3.13. The summed E-state index contributed by atoms with van der Waals surface area (Å²) in [4.78, 5) is 14.6. The van der Waals surface area contributed by atoms with Crippen molar-refractivity contribution in [2.24, 2.45) is 0 Å². The Balaban J connectivity index is 2.28. The second-order valence-corrected chi connectivity index (χ2v) is 4.85. The summed E-state index contributed by atoms with van der Waals surface area (Å²) in [5.74, 6) is 0.260. The Labute approximate surface area is 119 Å². The molecule has 1 N–H and O–H groups in total. The van der Waals surface area contributed by atoms with Crippen molar-refractivity contribution >= 4 is 27.4 Å². The minimum atomic E-state index is -0.445. The van der Waals surface area contributed by atoms with Crippen molar-refractivity contribution in [3.8, 4) is 0 Å². The van der Waals surface area contributed by atoms with E-state index >= 15 is 0 Å². The van der Waals surface area contributed by atoms with Crippen LogP contribution in [0.4, 0.5) is 11.5 Å². The first kappa shape index (κ1) is 13.5. The molecule has 0 amide bonds. The molecule has 1 heterocycles. The van der Waals surface area contributed by atoms with Crippen LogP contribution in [-0.2, 0) is 0 Å². The molecule has 2 aromatic rings. The van der Waals surface area contributed by atoms with E-state index in [1.807, 2.05) is 37.3 Å². The van der Waals surface area contributed by atoms with Gasteiger partial charge in [-0.1, -0.05) is 30.3 Å². The maximum atomic E-state index is 11.0. The molecule has 0 aliphatic carbocycles. The van der Waals surface area contributed by atoms with Crippen LogP contribution in [0.15, 0.2) is 47.1 Å². The van der Waals surface area contributed by atoms with Gasteiger partial charge in [0.2, 0.25) is 5.82 Å². The lowest BCUT2D eigenvalue weighted by Gasteiger charge is -2.14. The molecule has 0 saturated carbocycles. The third kappa shape index (κ3) is 3.29. The highest BCUT2D eigenvalue weighted by atomic mass is 79.9. The van der Waals surface area contributed by atoms with Crippen LogP contribution < -0.4 is 5.32 Å². The number of aromatic nitrogens is 1. The van der Waals surface area contributed by atoms with Crippen molar-refractivity contribution in [2.45, 2.75) is 13.0 Å². The minimum Gasteiger partial charge on any atom is -0.358 e.